The zero-order valence-corrected chi connectivity index (χ0v) is 10.0. The molecule has 0 aliphatic carbocycles. The van der Waals surface area contributed by atoms with E-state index in [-0.39, 0.29) is 24.2 Å². The van der Waals surface area contributed by atoms with Crippen molar-refractivity contribution in [1.29, 1.82) is 0 Å². The quantitative estimate of drug-likeness (QED) is 0.812. The minimum atomic E-state index is -0.322. The molecule has 0 bridgehead atoms. The average molecular weight is 253 g/mol. The van der Waals surface area contributed by atoms with Crippen molar-refractivity contribution in [2.45, 2.75) is 13.1 Å². The Labute approximate surface area is 105 Å². The van der Waals surface area contributed by atoms with Crippen molar-refractivity contribution in [3.63, 3.8) is 0 Å². The van der Waals surface area contributed by atoms with E-state index in [4.69, 9.17) is 11.6 Å². The van der Waals surface area contributed by atoms with Gasteiger partial charge in [0.05, 0.1) is 6.54 Å². The molecule has 1 aromatic carbocycles. The van der Waals surface area contributed by atoms with Gasteiger partial charge < -0.3 is 10.2 Å². The number of alkyl halides is 1. The molecule has 0 aromatic heterocycles. The van der Waals surface area contributed by atoms with Crippen LogP contribution in [0.1, 0.15) is 11.1 Å². The van der Waals surface area contributed by atoms with Crippen LogP contribution in [0.5, 0.6) is 0 Å². The Morgan fingerprint density at radius 1 is 1.24 bits per heavy atom. The van der Waals surface area contributed by atoms with Gasteiger partial charge in [0.15, 0.2) is 0 Å². The molecule has 17 heavy (non-hydrogen) atoms. The average Bonchev–Trinajstić information content (AvgIpc) is 2.79. The Morgan fingerprint density at radius 3 is 2.35 bits per heavy atom. The van der Waals surface area contributed by atoms with Crippen LogP contribution in [0.3, 0.4) is 0 Å². The van der Waals surface area contributed by atoms with Gasteiger partial charge in [0.2, 0.25) is 11.8 Å². The van der Waals surface area contributed by atoms with Gasteiger partial charge in [-0.15, -0.1) is 11.6 Å². The summed E-state index contributed by atoms with van der Waals surface area (Å²) in [6, 6.07) is 7.95. The summed E-state index contributed by atoms with van der Waals surface area (Å²) < 4.78 is 0. The fraction of sp³-hybridized carbons (Fsp3) is 0.333. The SMILES string of the molecule is O=C(CCl)NCC(=O)N1Cc2ccccc2C1. The fourth-order valence-electron chi connectivity index (χ4n) is 1.84. The van der Waals surface area contributed by atoms with Gasteiger partial charge in [0, 0.05) is 13.1 Å². The number of fused-ring (bicyclic) bond motifs is 1. The van der Waals surface area contributed by atoms with Crippen LogP contribution in [0.4, 0.5) is 0 Å². The number of carbonyl (C=O) groups excluding carboxylic acids is 2. The van der Waals surface area contributed by atoms with Crippen molar-refractivity contribution in [3.8, 4) is 0 Å². The topological polar surface area (TPSA) is 49.4 Å². The molecule has 1 aliphatic heterocycles. The maximum Gasteiger partial charge on any atom is 0.242 e. The van der Waals surface area contributed by atoms with Crippen molar-refractivity contribution in [2.24, 2.45) is 0 Å². The molecular weight excluding hydrogens is 240 g/mol. The number of amides is 2. The van der Waals surface area contributed by atoms with Gasteiger partial charge in [-0.1, -0.05) is 24.3 Å². The van der Waals surface area contributed by atoms with Gasteiger partial charge in [-0.2, -0.15) is 0 Å². The van der Waals surface area contributed by atoms with Crippen molar-refractivity contribution in [1.82, 2.24) is 10.2 Å². The molecule has 0 radical (unpaired) electrons. The van der Waals surface area contributed by atoms with Crippen LogP contribution in [0.15, 0.2) is 24.3 Å². The summed E-state index contributed by atoms with van der Waals surface area (Å²) in [5.41, 5.74) is 2.34. The summed E-state index contributed by atoms with van der Waals surface area (Å²) in [5, 5.41) is 2.47. The Hall–Kier alpha value is -1.55. The highest BCUT2D eigenvalue weighted by Crippen LogP contribution is 2.21. The summed E-state index contributed by atoms with van der Waals surface area (Å²) in [4.78, 5) is 24.5. The van der Waals surface area contributed by atoms with E-state index in [9.17, 15) is 9.59 Å². The minimum absolute atomic E-state index is 0.0134. The first kappa shape index (κ1) is 11.9. The van der Waals surface area contributed by atoms with E-state index < -0.39 is 0 Å². The molecule has 0 spiro atoms. The Kier molecular flexibility index (Phi) is 3.64. The van der Waals surface area contributed by atoms with Gasteiger partial charge in [-0.05, 0) is 11.1 Å². The summed E-state index contributed by atoms with van der Waals surface area (Å²) in [5.74, 6) is -0.524. The number of rotatable bonds is 3. The van der Waals surface area contributed by atoms with Crippen molar-refractivity contribution in [2.75, 3.05) is 12.4 Å². The predicted octanol–water partition coefficient (Wildman–Crippen LogP) is 0.884. The smallest absolute Gasteiger partial charge is 0.242 e. The lowest BCUT2D eigenvalue weighted by Gasteiger charge is -2.15. The second-order valence-corrected chi connectivity index (χ2v) is 4.20. The number of nitrogens with zero attached hydrogens (tertiary/aromatic N) is 1. The van der Waals surface area contributed by atoms with Crippen molar-refractivity contribution in [3.05, 3.63) is 35.4 Å². The standard InChI is InChI=1S/C12H13ClN2O2/c13-5-11(16)14-6-12(17)15-7-9-3-1-2-4-10(9)8-15/h1-4H,5-8H2,(H,14,16). The van der Waals surface area contributed by atoms with Gasteiger partial charge in [0.1, 0.15) is 5.88 Å². The van der Waals surface area contributed by atoms with Crippen LogP contribution >= 0.6 is 11.6 Å². The van der Waals surface area contributed by atoms with E-state index in [1.807, 2.05) is 24.3 Å². The zero-order chi connectivity index (χ0) is 12.3. The van der Waals surface area contributed by atoms with Crippen LogP contribution in [0, 0.1) is 0 Å². The number of halogens is 1. The molecule has 0 atom stereocenters. The lowest BCUT2D eigenvalue weighted by atomic mass is 10.1. The molecule has 1 N–H and O–H groups in total. The highest BCUT2D eigenvalue weighted by Gasteiger charge is 2.22. The Morgan fingerprint density at radius 2 is 1.82 bits per heavy atom. The van der Waals surface area contributed by atoms with Crippen molar-refractivity contribution >= 4 is 23.4 Å². The van der Waals surface area contributed by atoms with Crippen LogP contribution < -0.4 is 5.32 Å². The zero-order valence-electron chi connectivity index (χ0n) is 9.28. The third kappa shape index (κ3) is 2.77. The number of nitrogens with one attached hydrogen (secondary N) is 1. The summed E-state index contributed by atoms with van der Waals surface area (Å²) >= 11 is 5.33. The van der Waals surface area contributed by atoms with E-state index >= 15 is 0 Å². The second kappa shape index (κ2) is 5.19. The molecule has 2 rings (SSSR count). The second-order valence-electron chi connectivity index (χ2n) is 3.93. The molecule has 0 unspecified atom stereocenters. The first-order valence-corrected chi connectivity index (χ1v) is 5.91. The first-order valence-electron chi connectivity index (χ1n) is 5.38. The lowest BCUT2D eigenvalue weighted by molar-refractivity contribution is -0.132. The van der Waals surface area contributed by atoms with Crippen molar-refractivity contribution < 1.29 is 9.59 Å². The third-order valence-corrected chi connectivity index (χ3v) is 2.99. The minimum Gasteiger partial charge on any atom is -0.346 e. The molecule has 1 aliphatic rings. The molecule has 5 heteroatoms. The maximum absolute atomic E-state index is 11.8. The lowest BCUT2D eigenvalue weighted by Crippen LogP contribution is -2.38. The number of hydrogen-bond acceptors (Lipinski definition) is 2. The van der Waals surface area contributed by atoms with Gasteiger partial charge in [-0.25, -0.2) is 0 Å². The number of hydrogen-bond donors (Lipinski definition) is 1. The molecule has 0 fully saturated rings. The predicted molar refractivity (Wildman–Crippen MR) is 64.4 cm³/mol. The van der Waals surface area contributed by atoms with Gasteiger partial charge in [-0.3, -0.25) is 9.59 Å². The Balaban J connectivity index is 1.90. The van der Waals surface area contributed by atoms with Crippen LogP contribution in [0.2, 0.25) is 0 Å². The van der Waals surface area contributed by atoms with Gasteiger partial charge in [0.25, 0.3) is 0 Å². The van der Waals surface area contributed by atoms with E-state index in [0.29, 0.717) is 13.1 Å². The van der Waals surface area contributed by atoms with E-state index in [1.54, 1.807) is 4.90 Å². The fourth-order valence-corrected chi connectivity index (χ4v) is 1.94. The molecule has 0 saturated heterocycles. The van der Waals surface area contributed by atoms with Gasteiger partial charge >= 0.3 is 0 Å². The Bertz CT molecular complexity index is 423. The first-order chi connectivity index (χ1) is 8.20. The maximum atomic E-state index is 11.8. The van der Waals surface area contributed by atoms with Crippen LogP contribution in [-0.2, 0) is 22.7 Å². The van der Waals surface area contributed by atoms with Crippen LogP contribution in [-0.4, -0.2) is 29.1 Å². The highest BCUT2D eigenvalue weighted by molar-refractivity contribution is 6.27. The highest BCUT2D eigenvalue weighted by atomic mass is 35.5. The molecular formula is C12H13ClN2O2. The molecule has 0 saturated carbocycles. The molecule has 4 nitrogen and oxygen atoms in total. The van der Waals surface area contributed by atoms with E-state index in [1.165, 1.54) is 11.1 Å². The largest absolute Gasteiger partial charge is 0.346 e. The monoisotopic (exact) mass is 252 g/mol. The number of carbonyl (C=O) groups is 2. The summed E-state index contributed by atoms with van der Waals surface area (Å²) in [7, 11) is 0. The molecule has 1 aromatic rings. The number of benzene rings is 1. The normalized spacial score (nSPS) is 13.4. The summed E-state index contributed by atoms with van der Waals surface area (Å²) in [6.07, 6.45) is 0. The molecule has 2 amide bonds. The van der Waals surface area contributed by atoms with Crippen LogP contribution in [0.25, 0.3) is 0 Å². The van der Waals surface area contributed by atoms with E-state index in [0.717, 1.165) is 0 Å². The summed E-state index contributed by atoms with van der Waals surface area (Å²) in [6.45, 7) is 1.25. The molecule has 1 heterocycles. The van der Waals surface area contributed by atoms with E-state index in [2.05, 4.69) is 5.32 Å². The molecule has 90 valence electrons. The third-order valence-electron chi connectivity index (χ3n) is 2.75.